The van der Waals surface area contributed by atoms with Crippen LogP contribution in [0.3, 0.4) is 0 Å². The molecule has 0 aliphatic rings. The van der Waals surface area contributed by atoms with E-state index in [0.29, 0.717) is 0 Å². The summed E-state index contributed by atoms with van der Waals surface area (Å²) in [6.45, 7) is 9.04. The quantitative estimate of drug-likeness (QED) is 0.900. The maximum atomic E-state index is 5.99. The van der Waals surface area contributed by atoms with Gasteiger partial charge in [-0.3, -0.25) is 4.68 Å². The maximum Gasteiger partial charge on any atom is 0.0662 e. The Labute approximate surface area is 109 Å². The second kappa shape index (κ2) is 4.94. The van der Waals surface area contributed by atoms with E-state index in [1.54, 1.807) is 0 Å². The summed E-state index contributed by atoms with van der Waals surface area (Å²) in [5, 5.41) is 4.59. The smallest absolute Gasteiger partial charge is 0.0662 e. The molecular formula is C15H21N3. The first-order valence-corrected chi connectivity index (χ1v) is 6.34. The summed E-state index contributed by atoms with van der Waals surface area (Å²) < 4.78 is 2.04. The van der Waals surface area contributed by atoms with Gasteiger partial charge in [-0.1, -0.05) is 29.8 Å². The molecule has 3 nitrogen and oxygen atoms in total. The Balaban J connectivity index is 2.33. The van der Waals surface area contributed by atoms with E-state index in [1.807, 2.05) is 18.5 Å². The second-order valence-corrected chi connectivity index (χ2v) is 5.02. The molecule has 2 N–H and O–H groups in total. The van der Waals surface area contributed by atoms with Gasteiger partial charge in [0.15, 0.2) is 0 Å². The molecular weight excluding hydrogens is 222 g/mol. The lowest BCUT2D eigenvalue weighted by Gasteiger charge is -2.08. The average Bonchev–Trinajstić information content (AvgIpc) is 2.54. The van der Waals surface area contributed by atoms with Gasteiger partial charge in [-0.05, 0) is 33.3 Å². The summed E-state index contributed by atoms with van der Waals surface area (Å²) in [6.07, 6.45) is 0. The lowest BCUT2D eigenvalue weighted by atomic mass is 10.1. The minimum Gasteiger partial charge on any atom is -0.324 e. The standard InChI is InChI=1S/C15H21N3/c1-10-6-5-7-14(8-10)9-18-13(4)15(11(2)16)12(3)17-18/h5-8,11H,9,16H2,1-4H3. The molecule has 0 bridgehead atoms. The summed E-state index contributed by atoms with van der Waals surface area (Å²) in [6, 6.07) is 8.56. The van der Waals surface area contributed by atoms with E-state index < -0.39 is 0 Å². The first-order chi connectivity index (χ1) is 8.49. The summed E-state index contributed by atoms with van der Waals surface area (Å²) >= 11 is 0. The van der Waals surface area contributed by atoms with Gasteiger partial charge in [0.25, 0.3) is 0 Å². The molecule has 0 radical (unpaired) electrons. The molecule has 0 aliphatic carbocycles. The van der Waals surface area contributed by atoms with Crippen LogP contribution in [0.4, 0.5) is 0 Å². The van der Waals surface area contributed by atoms with Crippen molar-refractivity contribution < 1.29 is 0 Å². The lowest BCUT2D eigenvalue weighted by Crippen LogP contribution is -2.09. The third-order valence-electron chi connectivity index (χ3n) is 3.31. The highest BCUT2D eigenvalue weighted by Gasteiger charge is 2.14. The van der Waals surface area contributed by atoms with E-state index in [0.717, 1.165) is 12.2 Å². The van der Waals surface area contributed by atoms with E-state index in [2.05, 4.69) is 43.2 Å². The molecule has 96 valence electrons. The summed E-state index contributed by atoms with van der Waals surface area (Å²) in [5.41, 5.74) is 11.9. The van der Waals surface area contributed by atoms with Crippen LogP contribution < -0.4 is 5.73 Å². The van der Waals surface area contributed by atoms with Crippen LogP contribution in [0.15, 0.2) is 24.3 Å². The minimum atomic E-state index is 0.0382. The Morgan fingerprint density at radius 3 is 2.56 bits per heavy atom. The van der Waals surface area contributed by atoms with Gasteiger partial charge in [0.05, 0.1) is 12.2 Å². The number of nitrogens with two attached hydrogens (primary N) is 1. The molecule has 0 saturated heterocycles. The second-order valence-electron chi connectivity index (χ2n) is 5.02. The first kappa shape index (κ1) is 12.8. The molecule has 3 heteroatoms. The van der Waals surface area contributed by atoms with Crippen LogP contribution in [-0.4, -0.2) is 9.78 Å². The van der Waals surface area contributed by atoms with Gasteiger partial charge >= 0.3 is 0 Å². The van der Waals surface area contributed by atoms with Crippen LogP contribution in [0.2, 0.25) is 0 Å². The Bertz CT molecular complexity index is 553. The number of rotatable bonds is 3. The molecule has 1 aromatic carbocycles. The van der Waals surface area contributed by atoms with Crippen molar-refractivity contribution in [2.45, 2.75) is 40.3 Å². The van der Waals surface area contributed by atoms with Crippen LogP contribution in [0.1, 0.15) is 41.0 Å². The van der Waals surface area contributed by atoms with Crippen molar-refractivity contribution in [2.24, 2.45) is 5.73 Å². The fourth-order valence-corrected chi connectivity index (χ4v) is 2.51. The lowest BCUT2D eigenvalue weighted by molar-refractivity contribution is 0.656. The van der Waals surface area contributed by atoms with Gasteiger partial charge in [-0.15, -0.1) is 0 Å². The normalized spacial score (nSPS) is 12.7. The molecule has 0 fully saturated rings. The van der Waals surface area contributed by atoms with Gasteiger partial charge in [0, 0.05) is 17.3 Å². The summed E-state index contributed by atoms with van der Waals surface area (Å²) in [4.78, 5) is 0. The average molecular weight is 243 g/mol. The van der Waals surface area contributed by atoms with Gasteiger partial charge < -0.3 is 5.73 Å². The fourth-order valence-electron chi connectivity index (χ4n) is 2.51. The van der Waals surface area contributed by atoms with E-state index >= 15 is 0 Å². The van der Waals surface area contributed by atoms with Crippen molar-refractivity contribution in [2.75, 3.05) is 0 Å². The third-order valence-corrected chi connectivity index (χ3v) is 3.31. The van der Waals surface area contributed by atoms with Crippen molar-refractivity contribution in [3.05, 3.63) is 52.3 Å². The van der Waals surface area contributed by atoms with Crippen molar-refractivity contribution in [3.63, 3.8) is 0 Å². The monoisotopic (exact) mass is 243 g/mol. The number of aryl methyl sites for hydroxylation is 2. The van der Waals surface area contributed by atoms with E-state index in [4.69, 9.17) is 5.73 Å². The third kappa shape index (κ3) is 2.46. The number of hydrogen-bond donors (Lipinski definition) is 1. The molecule has 1 atom stereocenters. The molecule has 1 unspecified atom stereocenters. The SMILES string of the molecule is Cc1cccc(Cn2nc(C)c(C(C)N)c2C)c1. The van der Waals surface area contributed by atoms with Crippen LogP contribution in [0.25, 0.3) is 0 Å². The van der Waals surface area contributed by atoms with Crippen molar-refractivity contribution in [1.29, 1.82) is 0 Å². The summed E-state index contributed by atoms with van der Waals surface area (Å²) in [7, 11) is 0. The minimum absolute atomic E-state index is 0.0382. The highest BCUT2D eigenvalue weighted by Crippen LogP contribution is 2.20. The van der Waals surface area contributed by atoms with E-state index in [9.17, 15) is 0 Å². The van der Waals surface area contributed by atoms with Crippen LogP contribution in [0.5, 0.6) is 0 Å². The zero-order valence-corrected chi connectivity index (χ0v) is 11.6. The van der Waals surface area contributed by atoms with Gasteiger partial charge in [-0.2, -0.15) is 5.10 Å². The number of benzene rings is 1. The predicted octanol–water partition coefficient (Wildman–Crippen LogP) is 2.88. The number of nitrogens with zero attached hydrogens (tertiary/aromatic N) is 2. The molecule has 0 spiro atoms. The maximum absolute atomic E-state index is 5.99. The molecule has 0 aliphatic heterocycles. The zero-order chi connectivity index (χ0) is 13.3. The number of hydrogen-bond acceptors (Lipinski definition) is 2. The molecule has 2 rings (SSSR count). The Morgan fingerprint density at radius 2 is 2.00 bits per heavy atom. The fraction of sp³-hybridized carbons (Fsp3) is 0.400. The van der Waals surface area contributed by atoms with Gasteiger partial charge in [0.2, 0.25) is 0 Å². The molecule has 18 heavy (non-hydrogen) atoms. The topological polar surface area (TPSA) is 43.8 Å². The molecule has 0 amide bonds. The molecule has 0 saturated carbocycles. The van der Waals surface area contributed by atoms with Crippen molar-refractivity contribution in [1.82, 2.24) is 9.78 Å². The van der Waals surface area contributed by atoms with Crippen molar-refractivity contribution >= 4 is 0 Å². The zero-order valence-electron chi connectivity index (χ0n) is 11.6. The molecule has 2 aromatic rings. The Morgan fingerprint density at radius 1 is 1.28 bits per heavy atom. The van der Waals surface area contributed by atoms with Crippen LogP contribution >= 0.6 is 0 Å². The van der Waals surface area contributed by atoms with Crippen LogP contribution in [0, 0.1) is 20.8 Å². The first-order valence-electron chi connectivity index (χ1n) is 6.34. The van der Waals surface area contributed by atoms with Gasteiger partial charge in [-0.25, -0.2) is 0 Å². The summed E-state index contributed by atoms with van der Waals surface area (Å²) in [5.74, 6) is 0. The number of aromatic nitrogens is 2. The Hall–Kier alpha value is -1.61. The molecule has 1 aromatic heterocycles. The van der Waals surface area contributed by atoms with Gasteiger partial charge in [0.1, 0.15) is 0 Å². The van der Waals surface area contributed by atoms with Crippen LogP contribution in [-0.2, 0) is 6.54 Å². The van der Waals surface area contributed by atoms with E-state index in [1.165, 1.54) is 22.4 Å². The largest absolute Gasteiger partial charge is 0.324 e. The Kier molecular flexibility index (Phi) is 3.53. The van der Waals surface area contributed by atoms with Crippen molar-refractivity contribution in [3.8, 4) is 0 Å². The molecule has 1 heterocycles. The predicted molar refractivity (Wildman–Crippen MR) is 74.6 cm³/mol. The van der Waals surface area contributed by atoms with E-state index in [-0.39, 0.29) is 6.04 Å². The highest BCUT2D eigenvalue weighted by molar-refractivity contribution is 5.29. The highest BCUT2D eigenvalue weighted by atomic mass is 15.3.